The number of hydrogen-bond acceptors (Lipinski definition) is 7. The molecule has 2 heterocycles. The molecule has 1 aromatic heterocycles. The first-order valence-electron chi connectivity index (χ1n) is 11.2. The molecule has 9 heteroatoms. The molecule has 1 unspecified atom stereocenters. The van der Waals surface area contributed by atoms with Gasteiger partial charge >= 0.3 is 5.91 Å². The highest BCUT2D eigenvalue weighted by Gasteiger charge is 2.48. The molecule has 7 nitrogen and oxygen atoms in total. The summed E-state index contributed by atoms with van der Waals surface area (Å²) in [4.78, 5) is 32.4. The van der Waals surface area contributed by atoms with Crippen LogP contribution in [0, 0.1) is 5.82 Å². The molecule has 182 valence electrons. The van der Waals surface area contributed by atoms with Crippen LogP contribution in [0.25, 0.3) is 16.0 Å². The molecule has 1 amide bonds. The molecule has 1 N–H and O–H groups in total. The summed E-state index contributed by atoms with van der Waals surface area (Å²) >= 11 is 1.09. The minimum absolute atomic E-state index is 0.0697. The Hall–Kier alpha value is -4.24. The molecule has 1 aliphatic heterocycles. The quantitative estimate of drug-likeness (QED) is 0.213. The smallest absolute Gasteiger partial charge is 0.301 e. The molecule has 1 fully saturated rings. The van der Waals surface area contributed by atoms with Crippen molar-refractivity contribution in [3.63, 3.8) is 0 Å². The van der Waals surface area contributed by atoms with Gasteiger partial charge < -0.3 is 14.6 Å². The lowest BCUT2D eigenvalue weighted by Crippen LogP contribution is -2.29. The van der Waals surface area contributed by atoms with Crippen molar-refractivity contribution in [2.75, 3.05) is 18.6 Å². The number of fused-ring (bicyclic) bond motifs is 1. The Morgan fingerprint density at radius 2 is 1.75 bits per heavy atom. The fourth-order valence-electron chi connectivity index (χ4n) is 4.15. The van der Waals surface area contributed by atoms with Crippen molar-refractivity contribution >= 4 is 44.1 Å². The van der Waals surface area contributed by atoms with Gasteiger partial charge in [0, 0.05) is 5.56 Å². The second-order valence-corrected chi connectivity index (χ2v) is 9.02. The van der Waals surface area contributed by atoms with Gasteiger partial charge in [-0.1, -0.05) is 23.5 Å². The molecule has 1 aliphatic rings. The second-order valence-electron chi connectivity index (χ2n) is 8.01. The number of hydrogen-bond donors (Lipinski definition) is 1. The summed E-state index contributed by atoms with van der Waals surface area (Å²) in [5.74, 6) is -1.21. The number of anilines is 1. The first-order chi connectivity index (χ1) is 17.4. The Morgan fingerprint density at radius 3 is 2.42 bits per heavy atom. The number of Topliss-reactive ketones (excluding diaryl/α,β-unsaturated/α-hetero) is 1. The minimum Gasteiger partial charge on any atom is -0.507 e. The number of aliphatic hydroxyl groups is 1. The number of halogens is 1. The number of benzene rings is 3. The summed E-state index contributed by atoms with van der Waals surface area (Å²) in [6.45, 7) is 2.35. The normalized spacial score (nSPS) is 17.1. The number of methoxy groups -OCH3 is 1. The van der Waals surface area contributed by atoms with E-state index in [9.17, 15) is 19.1 Å². The van der Waals surface area contributed by atoms with Gasteiger partial charge in [0.25, 0.3) is 5.78 Å². The van der Waals surface area contributed by atoms with Crippen LogP contribution in [0.4, 0.5) is 9.52 Å². The van der Waals surface area contributed by atoms with E-state index in [0.717, 1.165) is 11.3 Å². The monoisotopic (exact) mass is 504 g/mol. The van der Waals surface area contributed by atoms with Crippen molar-refractivity contribution in [1.82, 2.24) is 4.98 Å². The maximum atomic E-state index is 13.8. The lowest BCUT2D eigenvalue weighted by molar-refractivity contribution is -0.132. The van der Waals surface area contributed by atoms with E-state index in [-0.39, 0.29) is 16.5 Å². The second kappa shape index (κ2) is 9.43. The lowest BCUT2D eigenvalue weighted by atomic mass is 9.95. The third kappa shape index (κ3) is 4.07. The predicted molar refractivity (Wildman–Crippen MR) is 135 cm³/mol. The molecule has 36 heavy (non-hydrogen) atoms. The van der Waals surface area contributed by atoms with E-state index in [0.29, 0.717) is 39.4 Å². The number of aromatic nitrogens is 1. The zero-order chi connectivity index (χ0) is 25.4. The van der Waals surface area contributed by atoms with Crippen molar-refractivity contribution in [3.05, 3.63) is 89.2 Å². The Kier molecular flexibility index (Phi) is 6.15. The highest BCUT2D eigenvalue weighted by molar-refractivity contribution is 7.22. The van der Waals surface area contributed by atoms with E-state index in [4.69, 9.17) is 9.47 Å². The minimum atomic E-state index is -0.951. The number of amides is 1. The maximum absolute atomic E-state index is 13.8. The Labute approximate surface area is 210 Å². The van der Waals surface area contributed by atoms with E-state index in [1.165, 1.54) is 30.2 Å². The van der Waals surface area contributed by atoms with Crippen LogP contribution < -0.4 is 14.4 Å². The molecule has 0 radical (unpaired) electrons. The van der Waals surface area contributed by atoms with Crippen molar-refractivity contribution < 1.29 is 28.6 Å². The topological polar surface area (TPSA) is 89.0 Å². The Bertz CT molecular complexity index is 1500. The van der Waals surface area contributed by atoms with E-state index >= 15 is 0 Å². The fraction of sp³-hybridized carbons (Fsp3) is 0.148. The molecule has 1 saturated heterocycles. The third-order valence-corrected chi connectivity index (χ3v) is 6.88. The van der Waals surface area contributed by atoms with Crippen LogP contribution in [-0.4, -0.2) is 35.5 Å². The van der Waals surface area contributed by atoms with Crippen LogP contribution in [0.2, 0.25) is 0 Å². The van der Waals surface area contributed by atoms with Gasteiger partial charge in [-0.05, 0) is 67.1 Å². The van der Waals surface area contributed by atoms with Crippen LogP contribution in [-0.2, 0) is 9.59 Å². The fourth-order valence-corrected chi connectivity index (χ4v) is 5.17. The molecule has 0 aliphatic carbocycles. The Balaban J connectivity index is 1.68. The van der Waals surface area contributed by atoms with Crippen LogP contribution in [0.3, 0.4) is 0 Å². The number of ether oxygens (including phenoxy) is 2. The van der Waals surface area contributed by atoms with Gasteiger partial charge in [0.15, 0.2) is 5.13 Å². The average Bonchev–Trinajstić information content (AvgIpc) is 3.42. The molecule has 0 saturated carbocycles. The third-order valence-electron chi connectivity index (χ3n) is 5.86. The van der Waals surface area contributed by atoms with Gasteiger partial charge in [-0.25, -0.2) is 9.37 Å². The largest absolute Gasteiger partial charge is 0.507 e. The number of nitrogens with zero attached hydrogens (tertiary/aromatic N) is 2. The maximum Gasteiger partial charge on any atom is 0.301 e. The van der Waals surface area contributed by atoms with E-state index in [2.05, 4.69) is 4.98 Å². The first-order valence-corrected chi connectivity index (χ1v) is 12.0. The zero-order valence-electron chi connectivity index (χ0n) is 19.4. The SMILES string of the molecule is CCOc1ccc(C2C(=C(O)c3ccc(OC)cc3)C(=O)C(=O)N2c2nc3ccc(F)cc3s2)cc1. The number of ketones is 1. The van der Waals surface area contributed by atoms with Crippen molar-refractivity contribution in [1.29, 1.82) is 0 Å². The zero-order valence-corrected chi connectivity index (χ0v) is 20.2. The number of carbonyl (C=O) groups is 2. The van der Waals surface area contributed by atoms with Crippen LogP contribution in [0.5, 0.6) is 11.5 Å². The van der Waals surface area contributed by atoms with Crippen molar-refractivity contribution in [3.8, 4) is 11.5 Å². The summed E-state index contributed by atoms with van der Waals surface area (Å²) in [6.07, 6.45) is 0. The predicted octanol–water partition coefficient (Wildman–Crippen LogP) is 5.47. The summed E-state index contributed by atoms with van der Waals surface area (Å²) in [5.41, 5.74) is 1.37. The van der Waals surface area contributed by atoms with Crippen molar-refractivity contribution in [2.24, 2.45) is 0 Å². The van der Waals surface area contributed by atoms with E-state index in [1.54, 1.807) is 48.5 Å². The summed E-state index contributed by atoms with van der Waals surface area (Å²) in [7, 11) is 1.52. The Morgan fingerprint density at radius 1 is 1.06 bits per heavy atom. The van der Waals surface area contributed by atoms with Gasteiger partial charge in [-0.2, -0.15) is 0 Å². The highest BCUT2D eigenvalue weighted by Crippen LogP contribution is 2.44. The van der Waals surface area contributed by atoms with Gasteiger partial charge in [0.1, 0.15) is 23.1 Å². The standard InChI is InChI=1S/C27H21FN2O5S/c1-3-35-19-11-4-15(5-12-19)23-22(24(31)16-6-9-18(34-2)10-7-16)25(32)26(33)30(23)27-29-20-13-8-17(28)14-21(20)36-27/h4-14,23,31H,3H2,1-2H3. The van der Waals surface area contributed by atoms with Crippen LogP contribution >= 0.6 is 11.3 Å². The van der Waals surface area contributed by atoms with E-state index < -0.39 is 23.5 Å². The highest BCUT2D eigenvalue weighted by atomic mass is 32.1. The van der Waals surface area contributed by atoms with Gasteiger partial charge in [-0.15, -0.1) is 0 Å². The molecule has 1 atom stereocenters. The van der Waals surface area contributed by atoms with Gasteiger partial charge in [-0.3, -0.25) is 14.5 Å². The average molecular weight is 505 g/mol. The summed E-state index contributed by atoms with van der Waals surface area (Å²) in [5, 5.41) is 11.5. The molecule has 4 aromatic rings. The molecular weight excluding hydrogens is 483 g/mol. The van der Waals surface area contributed by atoms with Gasteiger partial charge in [0.05, 0.1) is 35.5 Å². The number of rotatable bonds is 6. The summed E-state index contributed by atoms with van der Waals surface area (Å²) < 4.78 is 25.0. The van der Waals surface area contributed by atoms with E-state index in [1.807, 2.05) is 6.92 Å². The number of carbonyl (C=O) groups excluding carboxylic acids is 2. The van der Waals surface area contributed by atoms with Gasteiger partial charge in [0.2, 0.25) is 0 Å². The molecule has 0 spiro atoms. The molecule has 0 bridgehead atoms. The summed E-state index contributed by atoms with van der Waals surface area (Å²) in [6, 6.07) is 16.7. The van der Waals surface area contributed by atoms with Crippen LogP contribution in [0.1, 0.15) is 24.1 Å². The van der Waals surface area contributed by atoms with Crippen LogP contribution in [0.15, 0.2) is 72.3 Å². The number of aliphatic hydroxyl groups excluding tert-OH is 1. The lowest BCUT2D eigenvalue weighted by Gasteiger charge is -2.23. The molecule has 3 aromatic carbocycles. The number of thiazole rings is 1. The molecule has 5 rings (SSSR count). The first kappa shape index (κ1) is 23.5. The van der Waals surface area contributed by atoms with Crippen molar-refractivity contribution in [2.45, 2.75) is 13.0 Å². The molecular formula is C27H21FN2O5S.